The third-order valence-electron chi connectivity index (χ3n) is 3.63. The van der Waals surface area contributed by atoms with Crippen LogP contribution < -0.4 is 5.32 Å². The quantitative estimate of drug-likeness (QED) is 0.707. The van der Waals surface area contributed by atoms with E-state index < -0.39 is 0 Å². The fourth-order valence-electron chi connectivity index (χ4n) is 2.39. The molecule has 0 atom stereocenters. The number of hydrogen-bond acceptors (Lipinski definition) is 4. The highest BCUT2D eigenvalue weighted by atomic mass is 16.5. The molecule has 3 aromatic rings. The van der Waals surface area contributed by atoms with Crippen molar-refractivity contribution in [2.24, 2.45) is 0 Å². The van der Waals surface area contributed by atoms with Gasteiger partial charge < -0.3 is 9.84 Å². The van der Waals surface area contributed by atoms with Gasteiger partial charge >= 0.3 is 0 Å². The van der Waals surface area contributed by atoms with Crippen LogP contribution in [0.2, 0.25) is 0 Å². The molecule has 1 aromatic heterocycles. The van der Waals surface area contributed by atoms with E-state index in [1.54, 1.807) is 0 Å². The number of nitrogens with one attached hydrogen (secondary N) is 1. The van der Waals surface area contributed by atoms with Crippen LogP contribution >= 0.6 is 0 Å². The number of aryl methyl sites for hydroxylation is 2. The van der Waals surface area contributed by atoms with Crippen LogP contribution in [0.5, 0.6) is 0 Å². The summed E-state index contributed by atoms with van der Waals surface area (Å²) < 4.78 is 5.25. The minimum Gasteiger partial charge on any atom is -0.352 e. The summed E-state index contributed by atoms with van der Waals surface area (Å²) in [5, 5.41) is 6.89. The van der Waals surface area contributed by atoms with Crippen LogP contribution in [0.1, 0.15) is 28.2 Å². The molecule has 1 N–H and O–H groups in total. The number of nitrogens with zero attached hydrogens (tertiary/aromatic N) is 2. The first-order valence-electron chi connectivity index (χ1n) is 7.95. The summed E-state index contributed by atoms with van der Waals surface area (Å²) in [6, 6.07) is 17.2. The van der Waals surface area contributed by atoms with Crippen molar-refractivity contribution in [1.82, 2.24) is 15.5 Å². The predicted octanol–water partition coefficient (Wildman–Crippen LogP) is 3.41. The number of rotatable bonds is 6. The minimum absolute atomic E-state index is 0.0609. The summed E-state index contributed by atoms with van der Waals surface area (Å²) in [7, 11) is 0. The highest BCUT2D eigenvalue weighted by Crippen LogP contribution is 2.15. The van der Waals surface area contributed by atoms with Crippen molar-refractivity contribution in [3.8, 4) is 11.4 Å². The molecule has 0 aliphatic rings. The average Bonchev–Trinajstić information content (AvgIpc) is 3.08. The molecule has 0 bridgehead atoms. The van der Waals surface area contributed by atoms with Crippen LogP contribution in [0, 0.1) is 6.92 Å². The predicted molar refractivity (Wildman–Crippen MR) is 91.6 cm³/mol. The Morgan fingerprint density at radius 2 is 1.96 bits per heavy atom. The first kappa shape index (κ1) is 15.9. The molecule has 0 saturated heterocycles. The molecule has 0 radical (unpaired) electrons. The van der Waals surface area contributed by atoms with Crippen molar-refractivity contribution in [2.45, 2.75) is 19.8 Å². The van der Waals surface area contributed by atoms with E-state index in [2.05, 4.69) is 15.5 Å². The van der Waals surface area contributed by atoms with Crippen LogP contribution in [0.15, 0.2) is 59.1 Å². The molecule has 0 spiro atoms. The van der Waals surface area contributed by atoms with Crippen LogP contribution in [0.25, 0.3) is 11.4 Å². The molecule has 1 amide bonds. The lowest BCUT2D eigenvalue weighted by atomic mass is 10.1. The Labute approximate surface area is 140 Å². The van der Waals surface area contributed by atoms with Crippen molar-refractivity contribution in [2.75, 3.05) is 6.54 Å². The molecule has 5 heteroatoms. The maximum Gasteiger partial charge on any atom is 0.251 e. The van der Waals surface area contributed by atoms with Crippen LogP contribution in [-0.4, -0.2) is 22.6 Å². The van der Waals surface area contributed by atoms with E-state index in [1.165, 1.54) is 0 Å². The van der Waals surface area contributed by atoms with Gasteiger partial charge in [0.1, 0.15) is 0 Å². The average molecular weight is 321 g/mol. The fraction of sp³-hybridized carbons (Fsp3) is 0.211. The summed E-state index contributed by atoms with van der Waals surface area (Å²) in [4.78, 5) is 16.4. The highest BCUT2D eigenvalue weighted by Gasteiger charge is 2.09. The Morgan fingerprint density at radius 1 is 1.12 bits per heavy atom. The molecule has 0 saturated carbocycles. The van der Waals surface area contributed by atoms with E-state index in [0.29, 0.717) is 30.2 Å². The fourth-order valence-corrected chi connectivity index (χ4v) is 2.39. The Hall–Kier alpha value is -2.95. The number of benzene rings is 2. The molecule has 5 nitrogen and oxygen atoms in total. The van der Waals surface area contributed by atoms with E-state index in [0.717, 1.165) is 17.5 Å². The van der Waals surface area contributed by atoms with E-state index in [9.17, 15) is 4.79 Å². The smallest absolute Gasteiger partial charge is 0.251 e. The lowest BCUT2D eigenvalue weighted by molar-refractivity contribution is 0.0953. The van der Waals surface area contributed by atoms with Gasteiger partial charge in [-0.3, -0.25) is 4.79 Å². The first-order valence-corrected chi connectivity index (χ1v) is 7.95. The summed E-state index contributed by atoms with van der Waals surface area (Å²) in [6.07, 6.45) is 1.38. The van der Waals surface area contributed by atoms with Gasteiger partial charge in [0, 0.05) is 24.1 Å². The number of amides is 1. The molecule has 24 heavy (non-hydrogen) atoms. The number of carbonyl (C=O) groups is 1. The molecule has 2 aromatic carbocycles. The summed E-state index contributed by atoms with van der Waals surface area (Å²) in [5.74, 6) is 1.11. The Kier molecular flexibility index (Phi) is 5.01. The van der Waals surface area contributed by atoms with Gasteiger partial charge in [0.15, 0.2) is 0 Å². The molecule has 1 heterocycles. The van der Waals surface area contributed by atoms with E-state index >= 15 is 0 Å². The minimum atomic E-state index is -0.0609. The summed E-state index contributed by atoms with van der Waals surface area (Å²) in [5.41, 5.74) is 2.68. The zero-order valence-electron chi connectivity index (χ0n) is 13.5. The number of aromatic nitrogens is 2. The van der Waals surface area contributed by atoms with E-state index in [-0.39, 0.29) is 5.91 Å². The van der Waals surface area contributed by atoms with Gasteiger partial charge in [-0.1, -0.05) is 53.2 Å². The largest absolute Gasteiger partial charge is 0.352 e. The SMILES string of the molecule is Cc1cccc(C(=O)NCCCc2nc(-c3ccccc3)no2)c1. The zero-order chi connectivity index (χ0) is 16.8. The van der Waals surface area contributed by atoms with Crippen LogP contribution in [0.4, 0.5) is 0 Å². The van der Waals surface area contributed by atoms with Crippen LogP contribution in [0.3, 0.4) is 0 Å². The molecule has 3 rings (SSSR count). The number of hydrogen-bond donors (Lipinski definition) is 1. The standard InChI is InChI=1S/C19H19N3O2/c1-14-7-5-10-16(13-14)19(23)20-12-6-11-17-21-18(22-24-17)15-8-3-2-4-9-15/h2-5,7-10,13H,6,11-12H2,1H3,(H,20,23). The monoisotopic (exact) mass is 321 g/mol. The third kappa shape index (κ3) is 4.07. The second kappa shape index (κ2) is 7.55. The van der Waals surface area contributed by atoms with Crippen molar-refractivity contribution < 1.29 is 9.32 Å². The van der Waals surface area contributed by atoms with Crippen molar-refractivity contribution >= 4 is 5.91 Å². The molecular weight excluding hydrogens is 302 g/mol. The van der Waals surface area contributed by atoms with Gasteiger partial charge in [-0.05, 0) is 25.5 Å². The number of carbonyl (C=O) groups excluding carboxylic acids is 1. The van der Waals surface area contributed by atoms with Gasteiger partial charge in [-0.2, -0.15) is 4.98 Å². The topological polar surface area (TPSA) is 68.0 Å². The Balaban J connectivity index is 1.47. The molecule has 122 valence electrons. The van der Waals surface area contributed by atoms with E-state index in [4.69, 9.17) is 4.52 Å². The van der Waals surface area contributed by atoms with Crippen molar-refractivity contribution in [3.05, 3.63) is 71.6 Å². The molecular formula is C19H19N3O2. The van der Waals surface area contributed by atoms with Crippen molar-refractivity contribution in [1.29, 1.82) is 0 Å². The molecule has 0 aliphatic heterocycles. The van der Waals surface area contributed by atoms with Gasteiger partial charge in [-0.15, -0.1) is 0 Å². The van der Waals surface area contributed by atoms with Gasteiger partial charge in [-0.25, -0.2) is 0 Å². The first-order chi connectivity index (χ1) is 11.7. The second-order valence-electron chi connectivity index (χ2n) is 5.61. The molecule has 0 fully saturated rings. The Bertz CT molecular complexity index is 812. The maximum absolute atomic E-state index is 12.0. The normalized spacial score (nSPS) is 10.5. The second-order valence-corrected chi connectivity index (χ2v) is 5.61. The lowest BCUT2D eigenvalue weighted by Gasteiger charge is -2.04. The van der Waals surface area contributed by atoms with Gasteiger partial charge in [0.2, 0.25) is 11.7 Å². The molecule has 0 aliphatic carbocycles. The highest BCUT2D eigenvalue weighted by molar-refractivity contribution is 5.94. The molecule has 0 unspecified atom stereocenters. The van der Waals surface area contributed by atoms with Crippen molar-refractivity contribution in [3.63, 3.8) is 0 Å². The zero-order valence-corrected chi connectivity index (χ0v) is 13.5. The van der Waals surface area contributed by atoms with Gasteiger partial charge in [0.05, 0.1) is 0 Å². The maximum atomic E-state index is 12.0. The summed E-state index contributed by atoms with van der Waals surface area (Å²) in [6.45, 7) is 2.53. The summed E-state index contributed by atoms with van der Waals surface area (Å²) >= 11 is 0. The lowest BCUT2D eigenvalue weighted by Crippen LogP contribution is -2.24. The Morgan fingerprint density at radius 3 is 2.75 bits per heavy atom. The van der Waals surface area contributed by atoms with Crippen LogP contribution in [-0.2, 0) is 6.42 Å². The van der Waals surface area contributed by atoms with Gasteiger partial charge in [0.25, 0.3) is 5.91 Å². The third-order valence-corrected chi connectivity index (χ3v) is 3.63. The van der Waals surface area contributed by atoms with E-state index in [1.807, 2.05) is 61.5 Å².